The third kappa shape index (κ3) is 1.86. The summed E-state index contributed by atoms with van der Waals surface area (Å²) in [6.45, 7) is 6.04. The van der Waals surface area contributed by atoms with Crippen molar-refractivity contribution >= 4 is 17.0 Å². The number of benzene rings is 1. The van der Waals surface area contributed by atoms with Crippen LogP contribution in [-0.4, -0.2) is 34.8 Å². The molecule has 4 heteroatoms. The molecule has 2 heterocycles. The fourth-order valence-corrected chi connectivity index (χ4v) is 2.76. The number of rotatable bonds is 1. The van der Waals surface area contributed by atoms with Crippen LogP contribution < -0.4 is 4.90 Å². The molecule has 2 atom stereocenters. The van der Waals surface area contributed by atoms with Crippen LogP contribution in [0.1, 0.15) is 13.8 Å². The first-order valence-corrected chi connectivity index (χ1v) is 6.47. The molecule has 2 aromatic rings. The van der Waals surface area contributed by atoms with Crippen LogP contribution in [0, 0.1) is 0 Å². The monoisotopic (exact) mass is 245 g/mol. The molecule has 1 aromatic carbocycles. The van der Waals surface area contributed by atoms with Gasteiger partial charge in [0.05, 0.1) is 23.2 Å². The molecule has 0 radical (unpaired) electrons. The molecule has 18 heavy (non-hydrogen) atoms. The zero-order valence-electron chi connectivity index (χ0n) is 11.1. The molecule has 0 saturated carbocycles. The molecule has 0 N–H and O–H groups in total. The minimum atomic E-state index is 0.258. The number of para-hydroxylation sites is 2. The van der Waals surface area contributed by atoms with Gasteiger partial charge in [0.1, 0.15) is 0 Å². The van der Waals surface area contributed by atoms with E-state index in [1.54, 1.807) is 0 Å². The van der Waals surface area contributed by atoms with Crippen molar-refractivity contribution in [3.63, 3.8) is 0 Å². The number of hydrogen-bond acceptors (Lipinski definition) is 3. The Labute approximate surface area is 107 Å². The molecule has 0 spiro atoms. The fraction of sp³-hybridized carbons (Fsp3) is 0.500. The topological polar surface area (TPSA) is 30.3 Å². The Hall–Kier alpha value is -1.55. The summed E-state index contributed by atoms with van der Waals surface area (Å²) in [6, 6.07) is 8.26. The van der Waals surface area contributed by atoms with Gasteiger partial charge < -0.3 is 14.2 Å². The normalized spacial score (nSPS) is 24.7. The molecule has 1 aromatic heterocycles. The second-order valence-corrected chi connectivity index (χ2v) is 5.12. The second-order valence-electron chi connectivity index (χ2n) is 5.12. The number of imidazole rings is 1. The number of aromatic nitrogens is 2. The summed E-state index contributed by atoms with van der Waals surface area (Å²) in [5, 5.41) is 0. The van der Waals surface area contributed by atoms with Crippen LogP contribution in [0.3, 0.4) is 0 Å². The lowest BCUT2D eigenvalue weighted by atomic mass is 10.2. The van der Waals surface area contributed by atoms with Gasteiger partial charge >= 0.3 is 0 Å². The third-order valence-electron chi connectivity index (χ3n) is 3.47. The first-order chi connectivity index (χ1) is 8.65. The maximum absolute atomic E-state index is 5.77. The smallest absolute Gasteiger partial charge is 0.206 e. The van der Waals surface area contributed by atoms with E-state index in [0.29, 0.717) is 0 Å². The zero-order valence-corrected chi connectivity index (χ0v) is 11.1. The van der Waals surface area contributed by atoms with Crippen LogP contribution in [0.5, 0.6) is 0 Å². The molecule has 0 bridgehead atoms. The van der Waals surface area contributed by atoms with Gasteiger partial charge in [-0.2, -0.15) is 0 Å². The highest BCUT2D eigenvalue weighted by molar-refractivity contribution is 5.78. The van der Waals surface area contributed by atoms with Crippen LogP contribution in [0.4, 0.5) is 5.95 Å². The zero-order chi connectivity index (χ0) is 12.7. The summed E-state index contributed by atoms with van der Waals surface area (Å²) in [5.41, 5.74) is 2.24. The number of morpholine rings is 1. The number of anilines is 1. The maximum atomic E-state index is 5.77. The molecule has 3 rings (SSSR count). The minimum absolute atomic E-state index is 0.258. The largest absolute Gasteiger partial charge is 0.372 e. The van der Waals surface area contributed by atoms with Crippen LogP contribution in [-0.2, 0) is 11.8 Å². The Kier molecular flexibility index (Phi) is 2.74. The Balaban J connectivity index is 2.01. The first kappa shape index (κ1) is 11.5. The van der Waals surface area contributed by atoms with Gasteiger partial charge in [-0.1, -0.05) is 12.1 Å². The Morgan fingerprint density at radius 1 is 1.17 bits per heavy atom. The molecule has 0 amide bonds. The number of fused-ring (bicyclic) bond motifs is 1. The van der Waals surface area contributed by atoms with Crippen molar-refractivity contribution in [2.75, 3.05) is 18.0 Å². The molecule has 0 aliphatic carbocycles. The van der Waals surface area contributed by atoms with Gasteiger partial charge in [-0.05, 0) is 26.0 Å². The van der Waals surface area contributed by atoms with E-state index >= 15 is 0 Å². The number of hydrogen-bond donors (Lipinski definition) is 0. The van der Waals surface area contributed by atoms with Crippen molar-refractivity contribution in [2.45, 2.75) is 26.1 Å². The summed E-state index contributed by atoms with van der Waals surface area (Å²) in [7, 11) is 2.08. The van der Waals surface area contributed by atoms with Gasteiger partial charge in [-0.25, -0.2) is 4.98 Å². The lowest BCUT2D eigenvalue weighted by Gasteiger charge is -2.35. The Bertz CT molecular complexity index is 553. The van der Waals surface area contributed by atoms with Gasteiger partial charge in [0.2, 0.25) is 5.95 Å². The molecular formula is C14H19N3O. The van der Waals surface area contributed by atoms with E-state index in [2.05, 4.69) is 48.6 Å². The van der Waals surface area contributed by atoms with Crippen LogP contribution in [0.2, 0.25) is 0 Å². The molecular weight excluding hydrogens is 226 g/mol. The van der Waals surface area contributed by atoms with E-state index < -0.39 is 0 Å². The minimum Gasteiger partial charge on any atom is -0.372 e. The van der Waals surface area contributed by atoms with E-state index in [0.717, 1.165) is 24.6 Å². The molecule has 4 nitrogen and oxygen atoms in total. The second kappa shape index (κ2) is 4.28. The third-order valence-corrected chi connectivity index (χ3v) is 3.47. The summed E-state index contributed by atoms with van der Waals surface area (Å²) in [4.78, 5) is 7.06. The van der Waals surface area contributed by atoms with Crippen molar-refractivity contribution in [2.24, 2.45) is 7.05 Å². The van der Waals surface area contributed by atoms with E-state index in [1.807, 2.05) is 6.07 Å². The molecule has 1 aliphatic rings. The summed E-state index contributed by atoms with van der Waals surface area (Å²) in [5.74, 6) is 1.04. The summed E-state index contributed by atoms with van der Waals surface area (Å²) in [6.07, 6.45) is 0.516. The van der Waals surface area contributed by atoms with Crippen molar-refractivity contribution < 1.29 is 4.74 Å². The highest BCUT2D eigenvalue weighted by atomic mass is 16.5. The average Bonchev–Trinajstić information content (AvgIpc) is 2.66. The van der Waals surface area contributed by atoms with Gasteiger partial charge in [0, 0.05) is 20.1 Å². The molecule has 1 aliphatic heterocycles. The highest BCUT2D eigenvalue weighted by Crippen LogP contribution is 2.23. The Morgan fingerprint density at radius 2 is 1.83 bits per heavy atom. The summed E-state index contributed by atoms with van der Waals surface area (Å²) >= 11 is 0. The Morgan fingerprint density at radius 3 is 2.50 bits per heavy atom. The molecule has 1 fully saturated rings. The highest BCUT2D eigenvalue weighted by Gasteiger charge is 2.25. The first-order valence-electron chi connectivity index (χ1n) is 6.47. The SMILES string of the molecule is C[C@@H]1CN(c2nc3ccccc3n2C)C[C@@H](C)O1. The van der Waals surface area contributed by atoms with E-state index in [9.17, 15) is 0 Å². The van der Waals surface area contributed by atoms with Gasteiger partial charge in [0.25, 0.3) is 0 Å². The van der Waals surface area contributed by atoms with Gasteiger partial charge in [0.15, 0.2) is 0 Å². The average molecular weight is 245 g/mol. The van der Waals surface area contributed by atoms with E-state index in [4.69, 9.17) is 9.72 Å². The van der Waals surface area contributed by atoms with Crippen molar-refractivity contribution in [3.8, 4) is 0 Å². The number of ether oxygens (including phenoxy) is 1. The van der Waals surface area contributed by atoms with Crippen molar-refractivity contribution in [1.29, 1.82) is 0 Å². The van der Waals surface area contributed by atoms with Crippen LogP contribution >= 0.6 is 0 Å². The predicted octanol–water partition coefficient (Wildman–Crippen LogP) is 2.19. The lowest BCUT2D eigenvalue weighted by Crippen LogP contribution is -2.46. The number of nitrogens with zero attached hydrogens (tertiary/aromatic N) is 3. The maximum Gasteiger partial charge on any atom is 0.206 e. The van der Waals surface area contributed by atoms with Crippen LogP contribution in [0.15, 0.2) is 24.3 Å². The predicted molar refractivity (Wildman–Crippen MR) is 72.9 cm³/mol. The molecule has 96 valence electrons. The van der Waals surface area contributed by atoms with Crippen molar-refractivity contribution in [3.05, 3.63) is 24.3 Å². The molecule has 0 unspecified atom stereocenters. The number of aryl methyl sites for hydroxylation is 1. The van der Waals surface area contributed by atoms with Gasteiger partial charge in [-0.3, -0.25) is 0 Å². The van der Waals surface area contributed by atoms with Crippen LogP contribution in [0.25, 0.3) is 11.0 Å². The van der Waals surface area contributed by atoms with Crippen molar-refractivity contribution in [1.82, 2.24) is 9.55 Å². The molecule has 1 saturated heterocycles. The lowest BCUT2D eigenvalue weighted by molar-refractivity contribution is -0.00582. The van der Waals surface area contributed by atoms with E-state index in [1.165, 1.54) is 5.52 Å². The standard InChI is InChI=1S/C14H19N3O/c1-10-8-17(9-11(2)18-10)14-15-12-6-4-5-7-13(12)16(14)3/h4-7,10-11H,8-9H2,1-3H3/t10-,11-/m1/s1. The van der Waals surface area contributed by atoms with Gasteiger partial charge in [-0.15, -0.1) is 0 Å². The fourth-order valence-electron chi connectivity index (χ4n) is 2.76. The quantitative estimate of drug-likeness (QED) is 0.771. The van der Waals surface area contributed by atoms with E-state index in [-0.39, 0.29) is 12.2 Å². The summed E-state index contributed by atoms with van der Waals surface area (Å²) < 4.78 is 7.94.